The Morgan fingerprint density at radius 3 is 2.63 bits per heavy atom. The fourth-order valence-electron chi connectivity index (χ4n) is 8.90. The van der Waals surface area contributed by atoms with Gasteiger partial charge in [0.2, 0.25) is 0 Å². The number of fused-ring (bicyclic) bond motifs is 5. The molecule has 5 unspecified atom stereocenters. The molecule has 8 atom stereocenters. The normalized spacial score (nSPS) is 44.2. The number of Topliss-reactive ketones (excluding diaryl/α,β-unsaturated/α-hetero) is 1. The summed E-state index contributed by atoms with van der Waals surface area (Å²) in [4.78, 5) is 13.3. The lowest BCUT2D eigenvalue weighted by atomic mass is 9.44. The first-order chi connectivity index (χ1) is 14.4. The van der Waals surface area contributed by atoms with Crippen molar-refractivity contribution < 1.29 is 4.79 Å². The third-order valence-corrected chi connectivity index (χ3v) is 10.7. The van der Waals surface area contributed by atoms with Gasteiger partial charge in [-0.1, -0.05) is 58.9 Å². The highest BCUT2D eigenvalue weighted by Crippen LogP contribution is 2.67. The Balaban J connectivity index is 1.54. The van der Waals surface area contributed by atoms with Crippen LogP contribution in [0.5, 0.6) is 0 Å². The molecule has 0 aromatic heterocycles. The van der Waals surface area contributed by atoms with Gasteiger partial charge in [-0.3, -0.25) is 4.79 Å². The van der Waals surface area contributed by atoms with Crippen molar-refractivity contribution in [2.24, 2.45) is 52.3 Å². The van der Waals surface area contributed by atoms with Gasteiger partial charge in [-0.15, -0.1) is 0 Å². The molecule has 3 fully saturated rings. The molecule has 4 aliphatic carbocycles. The number of ketones is 1. The first kappa shape index (κ1) is 22.3. The van der Waals surface area contributed by atoms with Crippen LogP contribution in [0.4, 0.5) is 0 Å². The van der Waals surface area contributed by atoms with Crippen LogP contribution >= 0.6 is 0 Å². The van der Waals surface area contributed by atoms with E-state index in [2.05, 4.69) is 58.9 Å². The highest BCUT2D eigenvalue weighted by atomic mass is 16.1. The first-order valence-corrected chi connectivity index (χ1v) is 13.2. The molecule has 0 aromatic carbocycles. The second-order valence-electron chi connectivity index (χ2n) is 11.9. The Bertz CT molecular complexity index is 686. The summed E-state index contributed by atoms with van der Waals surface area (Å²) >= 11 is 0. The molecule has 30 heavy (non-hydrogen) atoms. The largest absolute Gasteiger partial charge is 0.299 e. The third-order valence-electron chi connectivity index (χ3n) is 10.7. The highest BCUT2D eigenvalue weighted by Gasteiger charge is 2.61. The second kappa shape index (κ2) is 8.59. The van der Waals surface area contributed by atoms with Gasteiger partial charge in [-0.25, -0.2) is 0 Å². The summed E-state index contributed by atoms with van der Waals surface area (Å²) in [5, 5.41) is 0. The number of rotatable bonds is 6. The van der Waals surface area contributed by atoms with Gasteiger partial charge in [0.1, 0.15) is 5.78 Å². The van der Waals surface area contributed by atoms with Gasteiger partial charge in [0.25, 0.3) is 0 Å². The van der Waals surface area contributed by atoms with Crippen LogP contribution in [0.15, 0.2) is 24.3 Å². The Kier molecular flexibility index (Phi) is 6.40. The molecular weight excluding hydrogens is 364 g/mol. The van der Waals surface area contributed by atoms with Crippen LogP contribution in [-0.2, 0) is 4.79 Å². The van der Waals surface area contributed by atoms with E-state index < -0.39 is 0 Å². The standard InChI is InChI=1S/C29H46O/c1-6-21(20(3)4)11-10-12-22-14-15-25-23-19-27(30)26-13-8-9-17-28(26,5)24(23)16-18-29(22,25)7-2/h8-11,20-26H,6-7,12-19H2,1-5H3/b11-10+/t21-,22?,23?,24?,25?,26?,28-,29-/m1/s1. The van der Waals surface area contributed by atoms with Crippen molar-refractivity contribution in [2.45, 2.75) is 98.8 Å². The Morgan fingerprint density at radius 1 is 1.13 bits per heavy atom. The summed E-state index contributed by atoms with van der Waals surface area (Å²) in [5.74, 6) is 5.43. The van der Waals surface area contributed by atoms with E-state index >= 15 is 0 Å². The summed E-state index contributed by atoms with van der Waals surface area (Å²) in [6.45, 7) is 12.0. The van der Waals surface area contributed by atoms with Crippen LogP contribution in [-0.4, -0.2) is 5.78 Å². The summed E-state index contributed by atoms with van der Waals surface area (Å²) in [6.07, 6.45) is 22.1. The van der Waals surface area contributed by atoms with Crippen molar-refractivity contribution in [3.63, 3.8) is 0 Å². The molecule has 0 heterocycles. The van der Waals surface area contributed by atoms with Crippen LogP contribution < -0.4 is 0 Å². The van der Waals surface area contributed by atoms with Gasteiger partial charge in [-0.05, 0) is 104 Å². The number of hydrogen-bond acceptors (Lipinski definition) is 1. The lowest BCUT2D eigenvalue weighted by Gasteiger charge is -2.59. The maximum absolute atomic E-state index is 13.3. The molecule has 0 aliphatic heterocycles. The van der Waals surface area contributed by atoms with Gasteiger partial charge >= 0.3 is 0 Å². The molecule has 0 amide bonds. The number of carbonyl (C=O) groups is 1. The maximum atomic E-state index is 13.3. The summed E-state index contributed by atoms with van der Waals surface area (Å²) in [7, 11) is 0. The molecule has 3 saturated carbocycles. The molecule has 0 aromatic rings. The van der Waals surface area contributed by atoms with Gasteiger partial charge in [-0.2, -0.15) is 0 Å². The fourth-order valence-corrected chi connectivity index (χ4v) is 8.90. The molecule has 4 aliphatic rings. The zero-order valence-electron chi connectivity index (χ0n) is 20.3. The van der Waals surface area contributed by atoms with Gasteiger partial charge in [0.05, 0.1) is 0 Å². The van der Waals surface area contributed by atoms with Crippen LogP contribution in [0.25, 0.3) is 0 Å². The molecule has 168 valence electrons. The molecular formula is C29H46O. The molecule has 1 heteroatoms. The van der Waals surface area contributed by atoms with Crippen molar-refractivity contribution in [1.29, 1.82) is 0 Å². The Morgan fingerprint density at radius 2 is 1.93 bits per heavy atom. The minimum atomic E-state index is 0.234. The number of allylic oxidation sites excluding steroid dienone is 4. The lowest BCUT2D eigenvalue weighted by molar-refractivity contribution is -0.150. The van der Waals surface area contributed by atoms with Crippen LogP contribution in [0.1, 0.15) is 98.8 Å². The maximum Gasteiger partial charge on any atom is 0.137 e. The van der Waals surface area contributed by atoms with Crippen molar-refractivity contribution in [3.05, 3.63) is 24.3 Å². The fraction of sp³-hybridized carbons (Fsp3) is 0.828. The minimum Gasteiger partial charge on any atom is -0.299 e. The van der Waals surface area contributed by atoms with E-state index in [1.54, 1.807) is 0 Å². The van der Waals surface area contributed by atoms with Crippen LogP contribution in [0, 0.1) is 52.3 Å². The zero-order chi connectivity index (χ0) is 21.5. The van der Waals surface area contributed by atoms with Crippen molar-refractivity contribution in [3.8, 4) is 0 Å². The molecule has 0 radical (unpaired) electrons. The van der Waals surface area contributed by atoms with Crippen LogP contribution in [0.3, 0.4) is 0 Å². The van der Waals surface area contributed by atoms with E-state index in [4.69, 9.17) is 0 Å². The minimum absolute atomic E-state index is 0.234. The van der Waals surface area contributed by atoms with Crippen molar-refractivity contribution in [2.75, 3.05) is 0 Å². The van der Waals surface area contributed by atoms with E-state index in [1.165, 1.54) is 44.9 Å². The average Bonchev–Trinajstić information content (AvgIpc) is 3.10. The molecule has 0 spiro atoms. The summed E-state index contributed by atoms with van der Waals surface area (Å²) in [6, 6.07) is 0. The van der Waals surface area contributed by atoms with Gasteiger partial charge < -0.3 is 0 Å². The van der Waals surface area contributed by atoms with E-state index in [0.717, 1.165) is 48.9 Å². The van der Waals surface area contributed by atoms with E-state index in [0.29, 0.717) is 23.0 Å². The predicted molar refractivity (Wildman–Crippen MR) is 127 cm³/mol. The van der Waals surface area contributed by atoms with Crippen LogP contribution in [0.2, 0.25) is 0 Å². The van der Waals surface area contributed by atoms with E-state index in [1.807, 2.05) is 0 Å². The Labute approximate surface area is 186 Å². The molecule has 0 saturated heterocycles. The summed E-state index contributed by atoms with van der Waals surface area (Å²) in [5.41, 5.74) is 0.733. The second-order valence-corrected chi connectivity index (χ2v) is 11.9. The van der Waals surface area contributed by atoms with Crippen molar-refractivity contribution >= 4 is 5.78 Å². The SMILES string of the molecule is CC[C@H](/C=C/CC1CCC2C3CC(=O)C4CC=CC[C@]4(C)C3CC[C@]12CC)C(C)C. The van der Waals surface area contributed by atoms with Crippen molar-refractivity contribution in [1.82, 2.24) is 0 Å². The topological polar surface area (TPSA) is 17.1 Å². The quantitative estimate of drug-likeness (QED) is 0.405. The monoisotopic (exact) mass is 410 g/mol. The third kappa shape index (κ3) is 3.47. The molecule has 0 bridgehead atoms. The average molecular weight is 411 g/mol. The number of carbonyl (C=O) groups excluding carboxylic acids is 1. The highest BCUT2D eigenvalue weighted by molar-refractivity contribution is 5.83. The number of hydrogen-bond donors (Lipinski definition) is 0. The molecule has 1 nitrogen and oxygen atoms in total. The zero-order valence-corrected chi connectivity index (χ0v) is 20.3. The predicted octanol–water partition coefficient (Wildman–Crippen LogP) is 8.01. The lowest BCUT2D eigenvalue weighted by Crippen LogP contribution is -2.55. The molecule has 4 rings (SSSR count). The summed E-state index contributed by atoms with van der Waals surface area (Å²) < 4.78 is 0. The van der Waals surface area contributed by atoms with Gasteiger partial charge in [0.15, 0.2) is 0 Å². The van der Waals surface area contributed by atoms with E-state index in [9.17, 15) is 4.79 Å². The first-order valence-electron chi connectivity index (χ1n) is 13.2. The Hall–Kier alpha value is -0.850. The smallest absolute Gasteiger partial charge is 0.137 e. The molecule has 0 N–H and O–H groups in total. The van der Waals surface area contributed by atoms with E-state index in [-0.39, 0.29) is 5.41 Å². The van der Waals surface area contributed by atoms with Gasteiger partial charge in [0, 0.05) is 12.3 Å².